The summed E-state index contributed by atoms with van der Waals surface area (Å²) in [5.41, 5.74) is -1.24. The number of thiol groups is 1. The Bertz CT molecular complexity index is 208. The molecule has 0 saturated heterocycles. The number of hydrogen-bond acceptors (Lipinski definition) is 3. The third kappa shape index (κ3) is 3.61. The molecule has 0 heterocycles. The molecule has 0 spiro atoms. The number of amides is 1. The maximum atomic E-state index is 10.9. The molecule has 0 radical (unpaired) electrons. The minimum Gasteiger partial charge on any atom is -0.480 e. The van der Waals surface area contributed by atoms with E-state index in [1.807, 2.05) is 0 Å². The molecule has 0 bridgehead atoms. The molecule has 1 unspecified atom stereocenters. The van der Waals surface area contributed by atoms with Crippen molar-refractivity contribution in [3.63, 3.8) is 0 Å². The lowest BCUT2D eigenvalue weighted by molar-refractivity contribution is -0.142. The van der Waals surface area contributed by atoms with Gasteiger partial charge < -0.3 is 10.4 Å². The highest BCUT2D eigenvalue weighted by atomic mass is 32.1. The summed E-state index contributed by atoms with van der Waals surface area (Å²) in [4.78, 5) is 21.5. The Morgan fingerprint density at radius 3 is 2.42 bits per heavy atom. The van der Waals surface area contributed by atoms with Gasteiger partial charge in [0.1, 0.15) is 6.04 Å². The van der Waals surface area contributed by atoms with Crippen LogP contribution in [0.2, 0.25) is 0 Å². The zero-order valence-electron chi connectivity index (χ0n) is 7.94. The normalized spacial score (nSPS) is 16.5. The number of hydrogen-bond donors (Lipinski definition) is 3. The molecule has 0 aliphatic carbocycles. The summed E-state index contributed by atoms with van der Waals surface area (Å²) in [7, 11) is 0. The highest BCUT2D eigenvalue weighted by molar-refractivity contribution is 7.81. The van der Waals surface area contributed by atoms with E-state index in [1.165, 1.54) is 0 Å². The first-order valence-electron chi connectivity index (χ1n) is 4.07. The predicted molar refractivity (Wildman–Crippen MR) is 48.3 cm³/mol. The largest absolute Gasteiger partial charge is 0.480 e. The number of aliphatic carboxylic acids is 1. The van der Waals surface area contributed by atoms with E-state index < -0.39 is 23.6 Å². The van der Waals surface area contributed by atoms with Gasteiger partial charge in [-0.1, -0.05) is 13.8 Å². The quantitative estimate of drug-likeness (QED) is 0.555. The molecule has 4 nitrogen and oxygen atoms in total. The average Bonchev–Trinajstić information content (AvgIpc) is 1.97. The summed E-state index contributed by atoms with van der Waals surface area (Å²) < 4.78 is 6.92. The van der Waals surface area contributed by atoms with Crippen LogP contribution in [-0.4, -0.2) is 28.8 Å². The molecule has 0 saturated carbocycles. The van der Waals surface area contributed by atoms with E-state index in [2.05, 4.69) is 17.9 Å². The SMILES string of the molecule is [2H]C(S)C(=O)N[C@H](C(=O)O)C(C)C. The van der Waals surface area contributed by atoms with Gasteiger partial charge in [-0.2, -0.15) is 12.6 Å². The van der Waals surface area contributed by atoms with Gasteiger partial charge in [-0.05, 0) is 5.92 Å². The molecule has 2 N–H and O–H groups in total. The van der Waals surface area contributed by atoms with Gasteiger partial charge >= 0.3 is 5.97 Å². The molecule has 0 aromatic rings. The Labute approximate surface area is 78.2 Å². The fourth-order valence-corrected chi connectivity index (χ4v) is 0.779. The third-order valence-corrected chi connectivity index (χ3v) is 1.58. The van der Waals surface area contributed by atoms with Gasteiger partial charge in [0.15, 0.2) is 0 Å². The standard InChI is InChI=1S/C7H13NO3S/c1-4(2)6(7(10)11)8-5(9)3-12/h4,6,12H,3H2,1-2H3,(H,8,9)(H,10,11)/t6-/m0/s1/i3D/t3?,6-. The van der Waals surface area contributed by atoms with Crippen LogP contribution in [0, 0.1) is 5.92 Å². The molecule has 0 aliphatic heterocycles. The molecule has 0 aromatic carbocycles. The molecule has 12 heavy (non-hydrogen) atoms. The maximum Gasteiger partial charge on any atom is 0.326 e. The third-order valence-electron chi connectivity index (χ3n) is 1.35. The first-order valence-corrected chi connectivity index (χ1v) is 4.01. The summed E-state index contributed by atoms with van der Waals surface area (Å²) in [6.07, 6.45) is 0. The molecule has 0 rings (SSSR count). The fraction of sp³-hybridized carbons (Fsp3) is 0.714. The zero-order chi connectivity index (χ0) is 10.6. The summed E-state index contributed by atoms with van der Waals surface area (Å²) >= 11 is 3.57. The van der Waals surface area contributed by atoms with E-state index in [1.54, 1.807) is 13.8 Å². The topological polar surface area (TPSA) is 66.4 Å². The van der Waals surface area contributed by atoms with Gasteiger partial charge in [0.25, 0.3) is 0 Å². The minimum atomic E-state index is -1.24. The number of nitrogens with one attached hydrogen (secondary N) is 1. The van der Waals surface area contributed by atoms with Gasteiger partial charge in [0.2, 0.25) is 5.91 Å². The fourth-order valence-electron chi connectivity index (χ4n) is 0.704. The van der Waals surface area contributed by atoms with E-state index in [-0.39, 0.29) is 5.92 Å². The molecular formula is C7H13NO3S. The van der Waals surface area contributed by atoms with Crippen molar-refractivity contribution >= 4 is 24.5 Å². The van der Waals surface area contributed by atoms with Crippen LogP contribution in [0.1, 0.15) is 15.2 Å². The summed E-state index contributed by atoms with van der Waals surface area (Å²) in [5.74, 6) is -2.00. The van der Waals surface area contributed by atoms with E-state index in [0.717, 1.165) is 0 Å². The van der Waals surface area contributed by atoms with Crippen LogP contribution in [0.5, 0.6) is 0 Å². The molecule has 0 aromatic heterocycles. The van der Waals surface area contributed by atoms with E-state index in [9.17, 15) is 9.59 Å². The van der Waals surface area contributed by atoms with Crippen LogP contribution < -0.4 is 5.32 Å². The Balaban J connectivity index is 4.27. The van der Waals surface area contributed by atoms with Crippen LogP contribution in [-0.2, 0) is 9.59 Å². The number of carboxylic acids is 1. The Kier molecular flexibility index (Phi) is 3.93. The van der Waals surface area contributed by atoms with Gasteiger partial charge in [0.05, 0.1) is 5.73 Å². The smallest absolute Gasteiger partial charge is 0.326 e. The number of carbonyl (C=O) groups excluding carboxylic acids is 1. The number of carbonyl (C=O) groups is 2. The predicted octanol–water partition coefficient (Wildman–Crippen LogP) is 0.142. The van der Waals surface area contributed by atoms with Crippen molar-refractivity contribution < 1.29 is 16.1 Å². The van der Waals surface area contributed by atoms with Gasteiger partial charge in [0, 0.05) is 1.37 Å². The second-order valence-electron chi connectivity index (χ2n) is 2.70. The van der Waals surface area contributed by atoms with Crippen molar-refractivity contribution in [2.75, 3.05) is 5.73 Å². The lowest BCUT2D eigenvalue weighted by Crippen LogP contribution is -2.44. The highest BCUT2D eigenvalue weighted by Crippen LogP contribution is 2.01. The van der Waals surface area contributed by atoms with Crippen molar-refractivity contribution in [2.24, 2.45) is 5.92 Å². The first kappa shape index (κ1) is 9.38. The first-order chi connectivity index (χ1) is 5.86. The van der Waals surface area contributed by atoms with Crippen LogP contribution >= 0.6 is 12.6 Å². The second kappa shape index (κ2) is 5.03. The van der Waals surface area contributed by atoms with Gasteiger partial charge in [-0.25, -0.2) is 4.79 Å². The van der Waals surface area contributed by atoms with Crippen molar-refractivity contribution in [3.05, 3.63) is 0 Å². The van der Waals surface area contributed by atoms with E-state index >= 15 is 0 Å². The molecule has 0 aliphatic rings. The monoisotopic (exact) mass is 192 g/mol. The van der Waals surface area contributed by atoms with Crippen LogP contribution in [0.15, 0.2) is 0 Å². The molecule has 0 fully saturated rings. The van der Waals surface area contributed by atoms with E-state index in [0.29, 0.717) is 0 Å². The summed E-state index contributed by atoms with van der Waals surface area (Å²) in [6.45, 7) is 3.35. The van der Waals surface area contributed by atoms with Crippen molar-refractivity contribution in [1.82, 2.24) is 5.32 Å². The molecule has 5 heteroatoms. The average molecular weight is 192 g/mol. The summed E-state index contributed by atoms with van der Waals surface area (Å²) in [5, 5.41) is 10.9. The lowest BCUT2D eigenvalue weighted by atomic mass is 10.1. The van der Waals surface area contributed by atoms with Crippen molar-refractivity contribution in [3.8, 4) is 0 Å². The van der Waals surface area contributed by atoms with E-state index in [4.69, 9.17) is 6.48 Å². The maximum absolute atomic E-state index is 10.9. The Morgan fingerprint density at radius 1 is 1.67 bits per heavy atom. The molecular weight excluding hydrogens is 178 g/mol. The highest BCUT2D eigenvalue weighted by Gasteiger charge is 2.22. The van der Waals surface area contributed by atoms with Crippen LogP contribution in [0.3, 0.4) is 0 Å². The summed E-state index contributed by atoms with van der Waals surface area (Å²) in [6, 6.07) is -0.951. The lowest BCUT2D eigenvalue weighted by Gasteiger charge is -2.16. The molecule has 1 amide bonds. The Hall–Kier alpha value is -0.710. The number of rotatable bonds is 4. The number of carboxylic acid groups (broad SMARTS) is 1. The van der Waals surface area contributed by atoms with Crippen molar-refractivity contribution in [2.45, 2.75) is 19.9 Å². The van der Waals surface area contributed by atoms with Crippen LogP contribution in [0.4, 0.5) is 0 Å². The van der Waals surface area contributed by atoms with Crippen LogP contribution in [0.25, 0.3) is 0 Å². The molecule has 2 atom stereocenters. The second-order valence-corrected chi connectivity index (χ2v) is 2.96. The van der Waals surface area contributed by atoms with Crippen molar-refractivity contribution in [1.29, 1.82) is 0 Å². The minimum absolute atomic E-state index is 0.214. The Morgan fingerprint density at radius 2 is 2.17 bits per heavy atom. The molecule has 70 valence electrons. The van der Waals surface area contributed by atoms with Gasteiger partial charge in [-0.3, -0.25) is 4.79 Å². The van der Waals surface area contributed by atoms with Gasteiger partial charge in [-0.15, -0.1) is 0 Å². The zero-order valence-corrected chi connectivity index (χ0v) is 7.84.